The van der Waals surface area contributed by atoms with Crippen LogP contribution in [0.4, 0.5) is 5.82 Å². The number of hydrogen-bond donors (Lipinski definition) is 3. The summed E-state index contributed by atoms with van der Waals surface area (Å²) >= 11 is 4.86. The highest BCUT2D eigenvalue weighted by molar-refractivity contribution is 7.80. The first kappa shape index (κ1) is 13.4. The van der Waals surface area contributed by atoms with Crippen molar-refractivity contribution in [2.75, 3.05) is 18.4 Å². The Labute approximate surface area is 106 Å². The van der Waals surface area contributed by atoms with Crippen LogP contribution in [0.5, 0.6) is 0 Å². The smallest absolute Gasteiger partial charge is 0.239 e. The second-order valence-electron chi connectivity index (χ2n) is 3.50. The van der Waals surface area contributed by atoms with Gasteiger partial charge in [-0.1, -0.05) is 19.1 Å². The second kappa shape index (κ2) is 6.80. The Kier molecular flexibility index (Phi) is 5.35. The summed E-state index contributed by atoms with van der Waals surface area (Å²) in [5, 5.41) is 5.67. The normalized spacial score (nSPS) is 9.71. The van der Waals surface area contributed by atoms with E-state index >= 15 is 0 Å². The molecular formula is C11H16N4OS. The molecule has 0 spiro atoms. The van der Waals surface area contributed by atoms with Crippen molar-refractivity contribution in [2.45, 2.75) is 13.3 Å². The lowest BCUT2D eigenvalue weighted by Gasteiger charge is -2.07. The minimum Gasteiger partial charge on any atom is -0.389 e. The molecule has 0 aliphatic heterocycles. The molecule has 0 bridgehead atoms. The summed E-state index contributed by atoms with van der Waals surface area (Å²) in [6.45, 7) is 2.87. The Balaban J connectivity index is 2.49. The summed E-state index contributed by atoms with van der Waals surface area (Å²) in [7, 11) is 0. The maximum Gasteiger partial charge on any atom is 0.239 e. The number of pyridine rings is 1. The third kappa shape index (κ3) is 4.78. The first-order valence-electron chi connectivity index (χ1n) is 5.40. The predicted octanol–water partition coefficient (Wildman–Crippen LogP) is 0.654. The van der Waals surface area contributed by atoms with Crippen LogP contribution in [0.25, 0.3) is 0 Å². The van der Waals surface area contributed by atoms with Gasteiger partial charge >= 0.3 is 0 Å². The molecule has 5 nitrogen and oxygen atoms in total. The molecule has 1 rings (SSSR count). The molecule has 1 amide bonds. The van der Waals surface area contributed by atoms with E-state index in [0.717, 1.165) is 12.0 Å². The van der Waals surface area contributed by atoms with E-state index in [2.05, 4.69) is 15.6 Å². The third-order valence-electron chi connectivity index (χ3n) is 2.05. The highest BCUT2D eigenvalue weighted by Crippen LogP contribution is 2.05. The van der Waals surface area contributed by atoms with Gasteiger partial charge < -0.3 is 16.4 Å². The molecular weight excluding hydrogens is 236 g/mol. The molecule has 0 aromatic carbocycles. The zero-order valence-electron chi connectivity index (χ0n) is 9.69. The van der Waals surface area contributed by atoms with E-state index in [1.165, 1.54) is 0 Å². The summed E-state index contributed by atoms with van der Waals surface area (Å²) < 4.78 is 0. The van der Waals surface area contributed by atoms with E-state index in [9.17, 15) is 4.79 Å². The van der Waals surface area contributed by atoms with Gasteiger partial charge in [-0.05, 0) is 18.6 Å². The van der Waals surface area contributed by atoms with Gasteiger partial charge in [-0.3, -0.25) is 4.79 Å². The average Bonchev–Trinajstić information content (AvgIpc) is 2.34. The maximum absolute atomic E-state index is 11.3. The summed E-state index contributed by atoms with van der Waals surface area (Å²) in [4.78, 5) is 15.7. The highest BCUT2D eigenvalue weighted by Gasteiger charge is 2.02. The molecule has 0 aliphatic carbocycles. The van der Waals surface area contributed by atoms with Crippen molar-refractivity contribution in [3.63, 3.8) is 0 Å². The average molecular weight is 252 g/mol. The van der Waals surface area contributed by atoms with Gasteiger partial charge in [-0.2, -0.15) is 0 Å². The Morgan fingerprint density at radius 3 is 3.00 bits per heavy atom. The van der Waals surface area contributed by atoms with Gasteiger partial charge in [0.25, 0.3) is 0 Å². The fourth-order valence-electron chi connectivity index (χ4n) is 1.18. The van der Waals surface area contributed by atoms with E-state index in [1.54, 1.807) is 18.3 Å². The molecule has 6 heteroatoms. The van der Waals surface area contributed by atoms with Crippen LogP contribution >= 0.6 is 12.2 Å². The van der Waals surface area contributed by atoms with Crippen molar-refractivity contribution in [3.8, 4) is 0 Å². The first-order chi connectivity index (χ1) is 8.13. The van der Waals surface area contributed by atoms with Crippen molar-refractivity contribution in [1.82, 2.24) is 10.3 Å². The van der Waals surface area contributed by atoms with E-state index in [0.29, 0.717) is 17.4 Å². The Bertz CT molecular complexity index is 408. The van der Waals surface area contributed by atoms with Gasteiger partial charge in [0, 0.05) is 18.3 Å². The van der Waals surface area contributed by atoms with Crippen LogP contribution in [0, 0.1) is 0 Å². The molecule has 0 fully saturated rings. The molecule has 4 N–H and O–H groups in total. The zero-order chi connectivity index (χ0) is 12.7. The van der Waals surface area contributed by atoms with Gasteiger partial charge in [0.05, 0.1) is 6.54 Å². The SMILES string of the molecule is CCCNC(=O)CNc1cc(C(N)=S)ccn1. The van der Waals surface area contributed by atoms with Crippen LogP contribution in [0.2, 0.25) is 0 Å². The largest absolute Gasteiger partial charge is 0.389 e. The van der Waals surface area contributed by atoms with Crippen molar-refractivity contribution in [1.29, 1.82) is 0 Å². The highest BCUT2D eigenvalue weighted by atomic mass is 32.1. The molecule has 0 saturated carbocycles. The lowest BCUT2D eigenvalue weighted by molar-refractivity contribution is -0.119. The number of nitrogens with two attached hydrogens (primary N) is 1. The molecule has 1 heterocycles. The number of hydrogen-bond acceptors (Lipinski definition) is 4. The molecule has 1 aromatic heterocycles. The van der Waals surface area contributed by atoms with Crippen LogP contribution in [-0.2, 0) is 4.79 Å². The number of aromatic nitrogens is 1. The minimum atomic E-state index is -0.0608. The number of nitrogens with one attached hydrogen (secondary N) is 2. The van der Waals surface area contributed by atoms with Gasteiger partial charge in [0.1, 0.15) is 10.8 Å². The number of anilines is 1. The number of rotatable bonds is 6. The fourth-order valence-corrected chi connectivity index (χ4v) is 1.31. The summed E-state index contributed by atoms with van der Waals surface area (Å²) in [5.41, 5.74) is 6.23. The van der Waals surface area contributed by atoms with Crippen LogP contribution in [0.3, 0.4) is 0 Å². The van der Waals surface area contributed by atoms with Crippen LogP contribution in [0.15, 0.2) is 18.3 Å². The summed E-state index contributed by atoms with van der Waals surface area (Å²) in [5.74, 6) is 0.524. The summed E-state index contributed by atoms with van der Waals surface area (Å²) in [6, 6.07) is 3.44. The van der Waals surface area contributed by atoms with Gasteiger partial charge in [-0.25, -0.2) is 4.98 Å². The molecule has 17 heavy (non-hydrogen) atoms. The molecule has 92 valence electrons. The van der Waals surface area contributed by atoms with E-state index in [4.69, 9.17) is 18.0 Å². The third-order valence-corrected chi connectivity index (χ3v) is 2.28. The number of amides is 1. The lowest BCUT2D eigenvalue weighted by Crippen LogP contribution is -2.30. The Hall–Kier alpha value is -1.69. The Morgan fingerprint density at radius 1 is 1.59 bits per heavy atom. The van der Waals surface area contributed by atoms with Crippen LogP contribution in [-0.4, -0.2) is 29.0 Å². The quantitative estimate of drug-likeness (QED) is 0.648. The maximum atomic E-state index is 11.3. The van der Waals surface area contributed by atoms with Crippen molar-refractivity contribution < 1.29 is 4.79 Å². The lowest BCUT2D eigenvalue weighted by atomic mass is 10.2. The van der Waals surface area contributed by atoms with Crippen LogP contribution in [0.1, 0.15) is 18.9 Å². The number of carbonyl (C=O) groups is 1. The van der Waals surface area contributed by atoms with Crippen molar-refractivity contribution in [3.05, 3.63) is 23.9 Å². The molecule has 1 aromatic rings. The predicted molar refractivity (Wildman–Crippen MR) is 71.9 cm³/mol. The standard InChI is InChI=1S/C11H16N4OS/c1-2-4-14-10(16)7-15-9-6-8(11(12)17)3-5-13-9/h3,5-6H,2,4,7H2,1H3,(H2,12,17)(H,13,15)(H,14,16). The monoisotopic (exact) mass is 252 g/mol. The molecule has 0 unspecified atom stereocenters. The van der Waals surface area contributed by atoms with Crippen molar-refractivity contribution >= 4 is 28.9 Å². The van der Waals surface area contributed by atoms with E-state index in [-0.39, 0.29) is 12.5 Å². The summed E-state index contributed by atoms with van der Waals surface area (Å²) in [6.07, 6.45) is 2.52. The second-order valence-corrected chi connectivity index (χ2v) is 3.94. The molecule has 0 radical (unpaired) electrons. The van der Waals surface area contributed by atoms with E-state index in [1.807, 2.05) is 6.92 Å². The molecule has 0 aliphatic rings. The molecule has 0 atom stereocenters. The van der Waals surface area contributed by atoms with Crippen molar-refractivity contribution in [2.24, 2.45) is 5.73 Å². The van der Waals surface area contributed by atoms with Crippen LogP contribution < -0.4 is 16.4 Å². The minimum absolute atomic E-state index is 0.0608. The molecule has 0 saturated heterocycles. The number of thiocarbonyl (C=S) groups is 1. The fraction of sp³-hybridized carbons (Fsp3) is 0.364. The van der Waals surface area contributed by atoms with Gasteiger partial charge in [-0.15, -0.1) is 0 Å². The topological polar surface area (TPSA) is 80.0 Å². The number of carbonyl (C=O) groups excluding carboxylic acids is 1. The van der Waals surface area contributed by atoms with Gasteiger partial charge in [0.2, 0.25) is 5.91 Å². The first-order valence-corrected chi connectivity index (χ1v) is 5.80. The number of nitrogens with zero attached hydrogens (tertiary/aromatic N) is 1. The van der Waals surface area contributed by atoms with Gasteiger partial charge in [0.15, 0.2) is 0 Å². The Morgan fingerprint density at radius 2 is 2.35 bits per heavy atom. The van der Waals surface area contributed by atoms with E-state index < -0.39 is 0 Å². The zero-order valence-corrected chi connectivity index (χ0v) is 10.5.